The molecule has 0 radical (unpaired) electrons. The lowest BCUT2D eigenvalue weighted by atomic mass is 9.95. The molecule has 22 heavy (non-hydrogen) atoms. The Hall–Kier alpha value is -1.30. The molecular formula is C16H29N3O3. The number of ether oxygens (including phenoxy) is 1. The maximum absolute atomic E-state index is 12.0. The summed E-state index contributed by atoms with van der Waals surface area (Å²) in [7, 11) is 0. The Balaban J connectivity index is 1.59. The molecule has 0 aromatic rings. The first kappa shape index (κ1) is 17.1. The summed E-state index contributed by atoms with van der Waals surface area (Å²) in [5.74, 6) is 0.166. The van der Waals surface area contributed by atoms with Gasteiger partial charge in [-0.15, -0.1) is 0 Å². The fourth-order valence-electron chi connectivity index (χ4n) is 3.18. The average Bonchev–Trinajstić information content (AvgIpc) is 2.54. The van der Waals surface area contributed by atoms with Gasteiger partial charge in [0.1, 0.15) is 0 Å². The molecule has 1 saturated carbocycles. The summed E-state index contributed by atoms with van der Waals surface area (Å²) < 4.78 is 5.00. The molecule has 2 rings (SSSR count). The molecule has 2 fully saturated rings. The molecule has 1 N–H and O–H groups in total. The van der Waals surface area contributed by atoms with E-state index in [0.29, 0.717) is 32.2 Å². The van der Waals surface area contributed by atoms with E-state index in [1.807, 2.05) is 6.92 Å². The van der Waals surface area contributed by atoms with Crippen molar-refractivity contribution in [2.45, 2.75) is 51.5 Å². The Morgan fingerprint density at radius 2 is 1.77 bits per heavy atom. The van der Waals surface area contributed by atoms with Crippen LogP contribution in [0, 0.1) is 0 Å². The van der Waals surface area contributed by atoms with Crippen LogP contribution in [-0.2, 0) is 9.53 Å². The number of amides is 2. The lowest BCUT2D eigenvalue weighted by molar-refractivity contribution is -0.122. The monoisotopic (exact) mass is 311 g/mol. The van der Waals surface area contributed by atoms with Crippen molar-refractivity contribution in [2.75, 3.05) is 39.3 Å². The van der Waals surface area contributed by atoms with Crippen LogP contribution in [0.5, 0.6) is 0 Å². The third-order valence-corrected chi connectivity index (χ3v) is 4.52. The minimum absolute atomic E-state index is 0.166. The molecule has 0 bridgehead atoms. The topological polar surface area (TPSA) is 61.9 Å². The summed E-state index contributed by atoms with van der Waals surface area (Å²) in [6, 6.07) is 0.391. The summed E-state index contributed by atoms with van der Waals surface area (Å²) in [5.41, 5.74) is 0. The largest absolute Gasteiger partial charge is 0.450 e. The van der Waals surface area contributed by atoms with Crippen molar-refractivity contribution in [3.63, 3.8) is 0 Å². The summed E-state index contributed by atoms with van der Waals surface area (Å²) >= 11 is 0. The number of hydrogen-bond donors (Lipinski definition) is 1. The molecule has 2 aliphatic rings. The molecule has 1 aliphatic carbocycles. The maximum atomic E-state index is 12.0. The van der Waals surface area contributed by atoms with Crippen LogP contribution in [0.1, 0.15) is 45.4 Å². The molecule has 0 spiro atoms. The van der Waals surface area contributed by atoms with Crippen LogP contribution in [0.25, 0.3) is 0 Å². The van der Waals surface area contributed by atoms with Gasteiger partial charge in [0.2, 0.25) is 5.91 Å². The lowest BCUT2D eigenvalue weighted by Gasteiger charge is -2.34. The highest BCUT2D eigenvalue weighted by Gasteiger charge is 2.22. The van der Waals surface area contributed by atoms with Gasteiger partial charge in [-0.3, -0.25) is 9.69 Å². The highest BCUT2D eigenvalue weighted by atomic mass is 16.6. The van der Waals surface area contributed by atoms with E-state index in [9.17, 15) is 9.59 Å². The normalized spacial score (nSPS) is 20.7. The van der Waals surface area contributed by atoms with Crippen LogP contribution >= 0.6 is 0 Å². The van der Waals surface area contributed by atoms with E-state index >= 15 is 0 Å². The molecule has 0 atom stereocenters. The van der Waals surface area contributed by atoms with Gasteiger partial charge in [0, 0.05) is 45.2 Å². The summed E-state index contributed by atoms with van der Waals surface area (Å²) in [6.45, 7) is 6.01. The molecule has 1 aliphatic heterocycles. The second-order valence-corrected chi connectivity index (χ2v) is 6.18. The zero-order valence-corrected chi connectivity index (χ0v) is 13.7. The zero-order valence-electron chi connectivity index (χ0n) is 13.7. The average molecular weight is 311 g/mol. The third-order valence-electron chi connectivity index (χ3n) is 4.52. The molecule has 6 nitrogen and oxygen atoms in total. The van der Waals surface area contributed by atoms with Crippen LogP contribution < -0.4 is 5.32 Å². The molecule has 6 heteroatoms. The van der Waals surface area contributed by atoms with Crippen molar-refractivity contribution in [3.8, 4) is 0 Å². The van der Waals surface area contributed by atoms with Crippen LogP contribution in [0.4, 0.5) is 4.79 Å². The highest BCUT2D eigenvalue weighted by molar-refractivity contribution is 5.76. The van der Waals surface area contributed by atoms with Gasteiger partial charge in [0.25, 0.3) is 0 Å². The minimum Gasteiger partial charge on any atom is -0.450 e. The van der Waals surface area contributed by atoms with E-state index < -0.39 is 0 Å². The van der Waals surface area contributed by atoms with Crippen molar-refractivity contribution < 1.29 is 14.3 Å². The number of carbonyl (C=O) groups excluding carboxylic acids is 2. The van der Waals surface area contributed by atoms with Crippen LogP contribution in [-0.4, -0.2) is 67.2 Å². The third kappa shape index (κ3) is 5.48. The van der Waals surface area contributed by atoms with Crippen LogP contribution in [0.2, 0.25) is 0 Å². The van der Waals surface area contributed by atoms with Crippen LogP contribution in [0.15, 0.2) is 0 Å². The SMILES string of the molecule is CCOC(=O)N1CCN(CCC(=O)NC2CCCCC2)CC1. The Labute approximate surface area is 133 Å². The van der Waals surface area contributed by atoms with Gasteiger partial charge in [0.05, 0.1) is 6.61 Å². The Morgan fingerprint density at radius 1 is 1.09 bits per heavy atom. The van der Waals surface area contributed by atoms with E-state index in [1.165, 1.54) is 19.3 Å². The molecule has 1 heterocycles. The van der Waals surface area contributed by atoms with E-state index in [-0.39, 0.29) is 12.0 Å². The first-order chi connectivity index (χ1) is 10.7. The summed E-state index contributed by atoms with van der Waals surface area (Å²) in [5, 5.41) is 3.15. The van der Waals surface area contributed by atoms with Gasteiger partial charge < -0.3 is 15.0 Å². The number of nitrogens with zero attached hydrogens (tertiary/aromatic N) is 2. The number of piperazine rings is 1. The predicted molar refractivity (Wildman–Crippen MR) is 84.7 cm³/mol. The van der Waals surface area contributed by atoms with E-state index in [0.717, 1.165) is 32.5 Å². The van der Waals surface area contributed by atoms with Gasteiger partial charge in [-0.2, -0.15) is 0 Å². The second kappa shape index (κ2) is 8.98. The number of rotatable bonds is 5. The van der Waals surface area contributed by atoms with Gasteiger partial charge in [-0.25, -0.2) is 4.79 Å². The highest BCUT2D eigenvalue weighted by Crippen LogP contribution is 2.17. The molecular weight excluding hydrogens is 282 g/mol. The maximum Gasteiger partial charge on any atom is 0.409 e. The smallest absolute Gasteiger partial charge is 0.409 e. The minimum atomic E-state index is -0.225. The van der Waals surface area contributed by atoms with Gasteiger partial charge in [-0.05, 0) is 19.8 Å². The van der Waals surface area contributed by atoms with E-state index in [1.54, 1.807) is 4.90 Å². The Bertz CT molecular complexity index is 362. The molecule has 2 amide bonds. The molecule has 0 aromatic heterocycles. The van der Waals surface area contributed by atoms with Gasteiger partial charge in [-0.1, -0.05) is 19.3 Å². The van der Waals surface area contributed by atoms with E-state index in [2.05, 4.69) is 10.2 Å². The molecule has 126 valence electrons. The van der Waals surface area contributed by atoms with Gasteiger partial charge in [0.15, 0.2) is 0 Å². The first-order valence-corrected chi connectivity index (χ1v) is 8.62. The Morgan fingerprint density at radius 3 is 2.41 bits per heavy atom. The van der Waals surface area contributed by atoms with Crippen molar-refractivity contribution in [2.24, 2.45) is 0 Å². The quantitative estimate of drug-likeness (QED) is 0.838. The zero-order chi connectivity index (χ0) is 15.8. The molecule has 1 saturated heterocycles. The second-order valence-electron chi connectivity index (χ2n) is 6.18. The van der Waals surface area contributed by atoms with Crippen molar-refractivity contribution in [3.05, 3.63) is 0 Å². The molecule has 0 aromatic carbocycles. The Kier molecular flexibility index (Phi) is 6.96. The van der Waals surface area contributed by atoms with Crippen molar-refractivity contribution in [1.29, 1.82) is 0 Å². The summed E-state index contributed by atoms with van der Waals surface area (Å²) in [4.78, 5) is 27.6. The molecule has 0 unspecified atom stereocenters. The lowest BCUT2D eigenvalue weighted by Crippen LogP contribution is -2.49. The predicted octanol–water partition coefficient (Wildman–Crippen LogP) is 1.60. The fraction of sp³-hybridized carbons (Fsp3) is 0.875. The standard InChI is InChI=1S/C16H29N3O3/c1-2-22-16(21)19-12-10-18(11-13-19)9-8-15(20)17-14-6-4-3-5-7-14/h14H,2-13H2,1H3,(H,17,20). The first-order valence-electron chi connectivity index (χ1n) is 8.62. The van der Waals surface area contributed by atoms with Crippen LogP contribution in [0.3, 0.4) is 0 Å². The number of carbonyl (C=O) groups is 2. The fourth-order valence-corrected chi connectivity index (χ4v) is 3.18. The van der Waals surface area contributed by atoms with E-state index in [4.69, 9.17) is 4.74 Å². The van der Waals surface area contributed by atoms with Gasteiger partial charge >= 0.3 is 6.09 Å². The number of hydrogen-bond acceptors (Lipinski definition) is 4. The number of nitrogens with one attached hydrogen (secondary N) is 1. The summed E-state index contributed by atoms with van der Waals surface area (Å²) in [6.07, 6.45) is 6.36. The van der Waals surface area contributed by atoms with Crippen molar-refractivity contribution in [1.82, 2.24) is 15.1 Å². The van der Waals surface area contributed by atoms with Crippen molar-refractivity contribution >= 4 is 12.0 Å².